The molecule has 3 N–H and O–H groups in total. The summed E-state index contributed by atoms with van der Waals surface area (Å²) in [5.41, 5.74) is 6.56. The van der Waals surface area contributed by atoms with E-state index < -0.39 is 21.6 Å². The first-order chi connectivity index (χ1) is 12.3. The summed E-state index contributed by atoms with van der Waals surface area (Å²) < 4.78 is 34.7. The van der Waals surface area contributed by atoms with Gasteiger partial charge in [0.2, 0.25) is 17.4 Å². The molecule has 0 unspecified atom stereocenters. The van der Waals surface area contributed by atoms with Crippen molar-refractivity contribution in [2.75, 3.05) is 5.73 Å². The van der Waals surface area contributed by atoms with Gasteiger partial charge in [0.25, 0.3) is 0 Å². The summed E-state index contributed by atoms with van der Waals surface area (Å²) in [7, 11) is -4.06. The van der Waals surface area contributed by atoms with Gasteiger partial charge in [0.05, 0.1) is 10.0 Å². The van der Waals surface area contributed by atoms with Crippen molar-refractivity contribution in [1.29, 1.82) is 0 Å². The summed E-state index contributed by atoms with van der Waals surface area (Å²) in [6.45, 7) is 0. The molecular formula is C17H13Cl2NO5S. The molecule has 3 rings (SSSR count). The molecule has 3 aromatic rings. The van der Waals surface area contributed by atoms with Crippen molar-refractivity contribution in [1.82, 2.24) is 0 Å². The van der Waals surface area contributed by atoms with Crippen LogP contribution in [0, 0.1) is 0 Å². The Kier molecular flexibility index (Phi) is 5.04. The van der Waals surface area contributed by atoms with Gasteiger partial charge in [-0.1, -0.05) is 53.5 Å². The van der Waals surface area contributed by atoms with E-state index >= 15 is 0 Å². The van der Waals surface area contributed by atoms with Gasteiger partial charge in [-0.2, -0.15) is 8.42 Å². The maximum absolute atomic E-state index is 12.2. The number of halogens is 2. The van der Waals surface area contributed by atoms with Crippen LogP contribution in [-0.4, -0.2) is 13.5 Å². The van der Waals surface area contributed by atoms with E-state index in [2.05, 4.69) is 0 Å². The molecule has 1 aromatic heterocycles. The molecule has 0 spiro atoms. The smallest absolute Gasteiger partial charge is 0.313 e. The lowest BCUT2D eigenvalue weighted by Crippen LogP contribution is -2.12. The Bertz CT molecular complexity index is 1050. The summed E-state index contributed by atoms with van der Waals surface area (Å²) in [5, 5.41) is 10.9. The Balaban J connectivity index is 1.92. The predicted molar refractivity (Wildman–Crippen MR) is 99.9 cm³/mol. The normalized spacial score (nSPS) is 11.5. The van der Waals surface area contributed by atoms with Crippen LogP contribution < -0.4 is 9.92 Å². The number of aromatic hydroxyl groups is 1. The minimum atomic E-state index is -4.06. The van der Waals surface area contributed by atoms with Gasteiger partial charge in [0.15, 0.2) is 5.76 Å². The van der Waals surface area contributed by atoms with E-state index in [1.165, 1.54) is 18.2 Å². The number of nitrogens with two attached hydrogens (primary N) is 1. The predicted octanol–water partition coefficient (Wildman–Crippen LogP) is 4.45. The highest BCUT2D eigenvalue weighted by Gasteiger charge is 2.26. The number of nitrogen functional groups attached to an aromatic ring is 1. The zero-order chi connectivity index (χ0) is 18.9. The third kappa shape index (κ3) is 3.90. The van der Waals surface area contributed by atoms with Crippen molar-refractivity contribution in [2.24, 2.45) is 0 Å². The highest BCUT2D eigenvalue weighted by Crippen LogP contribution is 2.46. The minimum Gasteiger partial charge on any atom is -0.501 e. The molecule has 0 atom stereocenters. The lowest BCUT2D eigenvalue weighted by molar-refractivity contribution is 0.432. The van der Waals surface area contributed by atoms with E-state index in [0.717, 1.165) is 0 Å². The Hall–Kier alpha value is -2.35. The first kappa shape index (κ1) is 18.4. The molecule has 2 aromatic carbocycles. The van der Waals surface area contributed by atoms with Crippen LogP contribution in [0.15, 0.2) is 52.9 Å². The van der Waals surface area contributed by atoms with Crippen molar-refractivity contribution in [3.63, 3.8) is 0 Å². The summed E-state index contributed by atoms with van der Waals surface area (Å²) in [6, 6.07) is 12.9. The average Bonchev–Trinajstić information content (AvgIpc) is 2.85. The molecule has 1 heterocycles. The van der Waals surface area contributed by atoms with Crippen molar-refractivity contribution in [2.45, 2.75) is 5.75 Å². The number of furan rings is 1. The van der Waals surface area contributed by atoms with Crippen LogP contribution in [-0.2, 0) is 15.9 Å². The summed E-state index contributed by atoms with van der Waals surface area (Å²) in [4.78, 5) is 0. The average molecular weight is 414 g/mol. The molecule has 0 amide bonds. The van der Waals surface area contributed by atoms with Crippen LogP contribution in [0.3, 0.4) is 0 Å². The van der Waals surface area contributed by atoms with E-state index in [-0.39, 0.29) is 22.4 Å². The highest BCUT2D eigenvalue weighted by atomic mass is 35.5. The van der Waals surface area contributed by atoms with Gasteiger partial charge in [-0.3, -0.25) is 0 Å². The Morgan fingerprint density at radius 1 is 1.08 bits per heavy atom. The maximum Gasteiger partial charge on any atom is 0.313 e. The Morgan fingerprint density at radius 2 is 1.77 bits per heavy atom. The number of benzene rings is 2. The van der Waals surface area contributed by atoms with Gasteiger partial charge in [-0.25, -0.2) is 0 Å². The second-order valence-electron chi connectivity index (χ2n) is 5.37. The van der Waals surface area contributed by atoms with E-state index in [1.807, 2.05) is 0 Å². The monoisotopic (exact) mass is 413 g/mol. The second kappa shape index (κ2) is 7.11. The number of anilines is 1. The van der Waals surface area contributed by atoms with Gasteiger partial charge in [0.1, 0.15) is 5.75 Å². The summed E-state index contributed by atoms with van der Waals surface area (Å²) >= 11 is 11.8. The lowest BCUT2D eigenvalue weighted by Gasteiger charge is -2.06. The lowest BCUT2D eigenvalue weighted by atomic mass is 10.1. The molecule has 26 heavy (non-hydrogen) atoms. The Morgan fingerprint density at radius 3 is 2.42 bits per heavy atom. The van der Waals surface area contributed by atoms with Gasteiger partial charge in [0, 0.05) is 5.56 Å². The van der Waals surface area contributed by atoms with Crippen LogP contribution in [0.25, 0.3) is 11.3 Å². The van der Waals surface area contributed by atoms with Gasteiger partial charge in [-0.05, 0) is 23.8 Å². The van der Waals surface area contributed by atoms with E-state index in [1.54, 1.807) is 30.3 Å². The van der Waals surface area contributed by atoms with Gasteiger partial charge >= 0.3 is 10.1 Å². The molecule has 0 aliphatic rings. The van der Waals surface area contributed by atoms with Crippen LogP contribution in [0.2, 0.25) is 10.0 Å². The molecule has 0 saturated carbocycles. The fourth-order valence-electron chi connectivity index (χ4n) is 2.27. The highest BCUT2D eigenvalue weighted by molar-refractivity contribution is 7.86. The number of hydrogen-bond acceptors (Lipinski definition) is 6. The SMILES string of the molecule is Nc1oc(-c2ccc(Cl)c(Cl)c2)c(O)c1OS(=O)(=O)Cc1ccccc1. The third-order valence-corrected chi connectivity index (χ3v) is 5.29. The fourth-order valence-corrected chi connectivity index (χ4v) is 3.65. The largest absolute Gasteiger partial charge is 0.501 e. The molecule has 0 bridgehead atoms. The van der Waals surface area contributed by atoms with Crippen LogP contribution in [0.4, 0.5) is 5.88 Å². The molecule has 9 heteroatoms. The van der Waals surface area contributed by atoms with Gasteiger partial charge in [-0.15, -0.1) is 0 Å². The zero-order valence-corrected chi connectivity index (χ0v) is 15.5. The molecule has 0 fully saturated rings. The molecule has 0 aliphatic carbocycles. The maximum atomic E-state index is 12.2. The van der Waals surface area contributed by atoms with Crippen LogP contribution in [0.5, 0.6) is 11.5 Å². The first-order valence-electron chi connectivity index (χ1n) is 7.29. The Labute approximate surface area is 159 Å². The minimum absolute atomic E-state index is 0.0778. The first-order valence-corrected chi connectivity index (χ1v) is 9.63. The quantitative estimate of drug-likeness (QED) is 0.598. The van der Waals surface area contributed by atoms with E-state index in [0.29, 0.717) is 16.1 Å². The molecule has 136 valence electrons. The van der Waals surface area contributed by atoms with Crippen molar-refractivity contribution in [3.8, 4) is 22.8 Å². The van der Waals surface area contributed by atoms with Gasteiger partial charge < -0.3 is 19.4 Å². The topological polar surface area (TPSA) is 103 Å². The number of hydrogen-bond donors (Lipinski definition) is 2. The zero-order valence-electron chi connectivity index (χ0n) is 13.1. The molecule has 0 saturated heterocycles. The van der Waals surface area contributed by atoms with Crippen molar-refractivity contribution < 1.29 is 22.1 Å². The molecular weight excluding hydrogens is 401 g/mol. The second-order valence-corrected chi connectivity index (χ2v) is 7.76. The van der Waals surface area contributed by atoms with E-state index in [4.69, 9.17) is 37.5 Å². The molecule has 6 nitrogen and oxygen atoms in total. The standard InChI is InChI=1S/C17H13Cl2NO5S/c18-12-7-6-11(8-13(12)19)15-14(21)16(17(20)24-15)25-26(22,23)9-10-4-2-1-3-5-10/h1-8,21H,9,20H2. The van der Waals surface area contributed by atoms with Crippen molar-refractivity contribution in [3.05, 3.63) is 64.1 Å². The van der Waals surface area contributed by atoms with Crippen LogP contribution in [0.1, 0.15) is 5.56 Å². The van der Waals surface area contributed by atoms with Crippen LogP contribution >= 0.6 is 23.2 Å². The van der Waals surface area contributed by atoms with Crippen molar-refractivity contribution >= 4 is 39.2 Å². The fraction of sp³-hybridized carbons (Fsp3) is 0.0588. The summed E-state index contributed by atoms with van der Waals surface area (Å²) in [6.07, 6.45) is 0. The number of rotatable bonds is 5. The molecule has 0 aliphatic heterocycles. The van der Waals surface area contributed by atoms with E-state index in [9.17, 15) is 13.5 Å². The third-order valence-electron chi connectivity index (χ3n) is 3.44. The molecule has 0 radical (unpaired) electrons. The summed E-state index contributed by atoms with van der Waals surface area (Å²) in [5.74, 6) is -1.86.